The predicted molar refractivity (Wildman–Crippen MR) is 115 cm³/mol. The Kier molecular flexibility index (Phi) is 6.06. The Labute approximate surface area is 184 Å². The van der Waals surface area contributed by atoms with E-state index >= 15 is 0 Å². The van der Waals surface area contributed by atoms with Crippen LogP contribution in [0.25, 0.3) is 0 Å². The number of likely N-dealkylation sites (N-methyl/N-ethyl adjacent to an activating group) is 1. The molecule has 2 unspecified atom stereocenters. The van der Waals surface area contributed by atoms with E-state index in [9.17, 15) is 9.90 Å². The number of aliphatic hydroxyl groups is 1. The number of aromatic nitrogens is 1. The Morgan fingerprint density at radius 2 is 1.47 bits per heavy atom. The highest BCUT2D eigenvalue weighted by Gasteiger charge is 2.45. The van der Waals surface area contributed by atoms with Crippen molar-refractivity contribution in [3.63, 3.8) is 0 Å². The minimum atomic E-state index is -1.12. The van der Waals surface area contributed by atoms with Gasteiger partial charge < -0.3 is 14.7 Å². The van der Waals surface area contributed by atoms with Gasteiger partial charge in [-0.1, -0.05) is 47.5 Å². The molecular formula is C23H20Cl2N2O3. The van der Waals surface area contributed by atoms with Gasteiger partial charge in [0.05, 0.1) is 6.04 Å². The van der Waals surface area contributed by atoms with E-state index in [0.29, 0.717) is 15.6 Å². The second-order valence-corrected chi connectivity index (χ2v) is 8.07. The van der Waals surface area contributed by atoms with Crippen LogP contribution < -0.4 is 0 Å². The summed E-state index contributed by atoms with van der Waals surface area (Å²) in [6.07, 6.45) is 0.462. The highest BCUT2D eigenvalue weighted by atomic mass is 35.5. The molecule has 7 heteroatoms. The number of carbonyl (C=O) groups is 1. The number of hydrogen-bond acceptors (Lipinski definition) is 4. The number of amides is 1. The summed E-state index contributed by atoms with van der Waals surface area (Å²) >= 11 is 12.1. The first-order valence-corrected chi connectivity index (χ1v) is 10.2. The molecule has 4 rings (SSSR count). The van der Waals surface area contributed by atoms with Crippen LogP contribution in [0.2, 0.25) is 10.0 Å². The molecule has 0 bridgehead atoms. The predicted octanol–water partition coefficient (Wildman–Crippen LogP) is 4.76. The normalized spacial score (nSPS) is 22.7. The average molecular weight is 443 g/mol. The standard InChI is InChI=1S/C23H20Cl2N2O3/c1-27-19(14-2-6-17(24)7-3-14)21(16-4-8-18(25)9-5-16)30-22(23(27)29)20(28)15-10-12-26-13-11-15/h2-13,19-22,28H,1H3/t19?,20?,21-,22-/m1/s1. The van der Waals surface area contributed by atoms with Crippen molar-refractivity contribution in [1.82, 2.24) is 9.88 Å². The lowest BCUT2D eigenvalue weighted by molar-refractivity contribution is -0.185. The third kappa shape index (κ3) is 4.07. The van der Waals surface area contributed by atoms with Crippen LogP contribution in [-0.2, 0) is 9.53 Å². The zero-order valence-electron chi connectivity index (χ0n) is 16.2. The molecule has 1 aliphatic heterocycles. The van der Waals surface area contributed by atoms with Crippen LogP contribution in [0.3, 0.4) is 0 Å². The third-order valence-corrected chi connectivity index (χ3v) is 5.84. The molecule has 5 nitrogen and oxygen atoms in total. The van der Waals surface area contributed by atoms with Crippen molar-refractivity contribution in [2.75, 3.05) is 7.05 Å². The molecule has 1 aliphatic rings. The number of pyridine rings is 1. The molecule has 1 aromatic heterocycles. The fourth-order valence-corrected chi connectivity index (χ4v) is 4.00. The fourth-order valence-electron chi connectivity index (χ4n) is 3.75. The summed E-state index contributed by atoms with van der Waals surface area (Å²) in [6, 6.07) is 17.6. The molecule has 1 saturated heterocycles. The number of carbonyl (C=O) groups excluding carboxylic acids is 1. The van der Waals surface area contributed by atoms with Crippen molar-refractivity contribution in [3.05, 3.63) is 99.8 Å². The summed E-state index contributed by atoms with van der Waals surface area (Å²) in [5, 5.41) is 12.1. The molecule has 30 heavy (non-hydrogen) atoms. The summed E-state index contributed by atoms with van der Waals surface area (Å²) in [5.74, 6) is -0.301. The van der Waals surface area contributed by atoms with E-state index in [-0.39, 0.29) is 5.91 Å². The van der Waals surface area contributed by atoms with Crippen LogP contribution in [0.5, 0.6) is 0 Å². The Balaban J connectivity index is 1.74. The smallest absolute Gasteiger partial charge is 0.255 e. The van der Waals surface area contributed by atoms with E-state index in [1.165, 1.54) is 0 Å². The minimum absolute atomic E-state index is 0.301. The number of aliphatic hydroxyl groups excluding tert-OH is 1. The zero-order chi connectivity index (χ0) is 21.3. The molecule has 2 aromatic carbocycles. The number of hydrogen-bond donors (Lipinski definition) is 1. The highest BCUT2D eigenvalue weighted by molar-refractivity contribution is 6.30. The number of halogens is 2. The van der Waals surface area contributed by atoms with Crippen LogP contribution in [0.4, 0.5) is 0 Å². The average Bonchev–Trinajstić information content (AvgIpc) is 2.77. The zero-order valence-corrected chi connectivity index (χ0v) is 17.7. The van der Waals surface area contributed by atoms with Gasteiger partial charge in [-0.3, -0.25) is 9.78 Å². The first-order chi connectivity index (χ1) is 14.5. The van der Waals surface area contributed by atoms with Crippen LogP contribution in [0, 0.1) is 0 Å². The molecule has 154 valence electrons. The van der Waals surface area contributed by atoms with E-state index in [4.69, 9.17) is 27.9 Å². The van der Waals surface area contributed by atoms with Crippen molar-refractivity contribution in [2.45, 2.75) is 24.4 Å². The van der Waals surface area contributed by atoms with Crippen LogP contribution >= 0.6 is 23.2 Å². The summed E-state index contributed by atoms with van der Waals surface area (Å²) < 4.78 is 6.27. The van der Waals surface area contributed by atoms with Gasteiger partial charge in [0.25, 0.3) is 5.91 Å². The fraction of sp³-hybridized carbons (Fsp3) is 0.217. The van der Waals surface area contributed by atoms with E-state index < -0.39 is 24.4 Å². The maximum Gasteiger partial charge on any atom is 0.255 e. The lowest BCUT2D eigenvalue weighted by Gasteiger charge is -2.44. The van der Waals surface area contributed by atoms with E-state index in [2.05, 4.69) is 4.98 Å². The van der Waals surface area contributed by atoms with Crippen molar-refractivity contribution in [3.8, 4) is 0 Å². The summed E-state index contributed by atoms with van der Waals surface area (Å²) in [6.45, 7) is 0. The second-order valence-electron chi connectivity index (χ2n) is 7.20. The lowest BCUT2D eigenvalue weighted by atomic mass is 9.90. The van der Waals surface area contributed by atoms with Gasteiger partial charge in [0.2, 0.25) is 0 Å². The van der Waals surface area contributed by atoms with Gasteiger partial charge in [-0.2, -0.15) is 0 Å². The Morgan fingerprint density at radius 3 is 2.03 bits per heavy atom. The topological polar surface area (TPSA) is 62.7 Å². The van der Waals surface area contributed by atoms with Crippen molar-refractivity contribution in [2.24, 2.45) is 0 Å². The van der Waals surface area contributed by atoms with Gasteiger partial charge in [0, 0.05) is 29.5 Å². The molecule has 0 spiro atoms. The minimum Gasteiger partial charge on any atom is -0.385 e. The number of nitrogens with zero attached hydrogens (tertiary/aromatic N) is 2. The van der Waals surface area contributed by atoms with Crippen LogP contribution in [0.1, 0.15) is 34.9 Å². The molecule has 3 aromatic rings. The number of benzene rings is 2. The Morgan fingerprint density at radius 1 is 0.933 bits per heavy atom. The number of morpholine rings is 1. The van der Waals surface area contributed by atoms with Gasteiger partial charge in [0.1, 0.15) is 12.2 Å². The lowest BCUT2D eigenvalue weighted by Crippen LogP contribution is -2.51. The number of ether oxygens (including phenoxy) is 1. The summed E-state index contributed by atoms with van der Waals surface area (Å²) in [4.78, 5) is 18.8. The highest BCUT2D eigenvalue weighted by Crippen LogP contribution is 2.43. The van der Waals surface area contributed by atoms with Gasteiger partial charge in [-0.15, -0.1) is 0 Å². The first-order valence-electron chi connectivity index (χ1n) is 9.47. The van der Waals surface area contributed by atoms with Gasteiger partial charge >= 0.3 is 0 Å². The molecular weight excluding hydrogens is 423 g/mol. The monoisotopic (exact) mass is 442 g/mol. The van der Waals surface area contributed by atoms with Crippen LogP contribution in [-0.4, -0.2) is 34.0 Å². The van der Waals surface area contributed by atoms with Gasteiger partial charge in [-0.05, 0) is 53.1 Å². The summed E-state index contributed by atoms with van der Waals surface area (Å²) in [7, 11) is 1.72. The SMILES string of the molecule is CN1C(=O)[C@@H](C(O)c2ccncc2)O[C@H](c2ccc(Cl)cc2)C1c1ccc(Cl)cc1. The quantitative estimate of drug-likeness (QED) is 0.632. The van der Waals surface area contributed by atoms with Crippen molar-refractivity contribution < 1.29 is 14.6 Å². The largest absolute Gasteiger partial charge is 0.385 e. The molecule has 0 aliphatic carbocycles. The van der Waals surface area contributed by atoms with Crippen LogP contribution in [0.15, 0.2) is 73.1 Å². The third-order valence-electron chi connectivity index (χ3n) is 5.33. The van der Waals surface area contributed by atoms with Gasteiger partial charge in [-0.25, -0.2) is 0 Å². The maximum absolute atomic E-state index is 13.2. The molecule has 2 heterocycles. The molecule has 4 atom stereocenters. The van der Waals surface area contributed by atoms with Crippen molar-refractivity contribution >= 4 is 29.1 Å². The molecule has 1 amide bonds. The maximum atomic E-state index is 13.2. The van der Waals surface area contributed by atoms with Gasteiger partial charge in [0.15, 0.2) is 6.10 Å². The van der Waals surface area contributed by atoms with E-state index in [1.54, 1.807) is 60.7 Å². The van der Waals surface area contributed by atoms with Crippen molar-refractivity contribution in [1.29, 1.82) is 0 Å². The summed E-state index contributed by atoms with van der Waals surface area (Å²) in [5.41, 5.74) is 2.30. The molecule has 0 saturated carbocycles. The first kappa shape index (κ1) is 20.8. The number of rotatable bonds is 4. The Hall–Kier alpha value is -2.44. The van der Waals surface area contributed by atoms with E-state index in [1.807, 2.05) is 24.3 Å². The second kappa shape index (κ2) is 8.74. The van der Waals surface area contributed by atoms with E-state index in [0.717, 1.165) is 11.1 Å². The molecule has 1 fully saturated rings. The Bertz CT molecular complexity index is 1010. The molecule has 0 radical (unpaired) electrons. The molecule has 1 N–H and O–H groups in total.